The van der Waals surface area contributed by atoms with Crippen LogP contribution in [0.15, 0.2) is 53.0 Å². The molecule has 0 atom stereocenters. The monoisotopic (exact) mass is 333 g/mol. The summed E-state index contributed by atoms with van der Waals surface area (Å²) in [7, 11) is 0. The van der Waals surface area contributed by atoms with Crippen molar-refractivity contribution in [1.82, 2.24) is 0 Å². The number of hydrogen-bond donors (Lipinski definition) is 1. The molecule has 0 fully saturated rings. The zero-order valence-corrected chi connectivity index (χ0v) is 12.1. The van der Waals surface area contributed by atoms with Gasteiger partial charge in [0.15, 0.2) is 0 Å². The Hall–Kier alpha value is -2.14. The van der Waals surface area contributed by atoms with Gasteiger partial charge in [0.1, 0.15) is 6.61 Å². The molecule has 0 radical (unpaired) electrons. The van der Waals surface area contributed by atoms with E-state index in [9.17, 15) is 9.59 Å². The molecule has 2 aromatic rings. The predicted molar refractivity (Wildman–Crippen MR) is 78.2 cm³/mol. The fourth-order valence-electron chi connectivity index (χ4n) is 1.64. The molecule has 0 aliphatic heterocycles. The van der Waals surface area contributed by atoms with Crippen LogP contribution in [-0.4, -0.2) is 11.9 Å². The van der Waals surface area contributed by atoms with Gasteiger partial charge in [-0.1, -0.05) is 30.3 Å². The molecule has 0 aromatic heterocycles. The fourth-order valence-corrected chi connectivity index (χ4v) is 2.04. The molecule has 102 valence electrons. The second kappa shape index (κ2) is 6.34. The maximum Gasteiger partial charge on any atom is 0.339 e. The number of ether oxygens (including phenoxy) is 1. The van der Waals surface area contributed by atoms with E-state index in [1.165, 1.54) is 6.07 Å². The van der Waals surface area contributed by atoms with Gasteiger partial charge in [-0.05, 0) is 39.7 Å². The SMILES string of the molecule is NC(=O)c1ccc(Br)c(C(=O)OCc2ccccc2)c1. The zero-order chi connectivity index (χ0) is 14.5. The minimum Gasteiger partial charge on any atom is -0.457 e. The maximum atomic E-state index is 12.0. The number of carbonyl (C=O) groups is 2. The van der Waals surface area contributed by atoms with Gasteiger partial charge in [0, 0.05) is 10.0 Å². The quantitative estimate of drug-likeness (QED) is 0.874. The van der Waals surface area contributed by atoms with Gasteiger partial charge in [0.05, 0.1) is 5.56 Å². The first-order valence-electron chi connectivity index (χ1n) is 5.88. The van der Waals surface area contributed by atoms with Crippen LogP contribution in [0.2, 0.25) is 0 Å². The summed E-state index contributed by atoms with van der Waals surface area (Å²) in [6.45, 7) is 0.174. The minimum absolute atomic E-state index is 0.174. The number of esters is 1. The third kappa shape index (κ3) is 3.45. The van der Waals surface area contributed by atoms with Gasteiger partial charge in [0.2, 0.25) is 5.91 Å². The van der Waals surface area contributed by atoms with Gasteiger partial charge in [-0.25, -0.2) is 4.79 Å². The molecule has 1 amide bonds. The van der Waals surface area contributed by atoms with Crippen molar-refractivity contribution in [2.24, 2.45) is 5.73 Å². The first kappa shape index (κ1) is 14.3. The Bertz CT molecular complexity index is 641. The molecule has 0 spiro atoms. The van der Waals surface area contributed by atoms with Crippen LogP contribution in [0.3, 0.4) is 0 Å². The van der Waals surface area contributed by atoms with Gasteiger partial charge >= 0.3 is 5.97 Å². The molecule has 0 aliphatic rings. The molecule has 4 nitrogen and oxygen atoms in total. The van der Waals surface area contributed by atoms with Crippen LogP contribution >= 0.6 is 15.9 Å². The molecule has 0 aliphatic carbocycles. The number of halogens is 1. The molecule has 0 bridgehead atoms. The van der Waals surface area contributed by atoms with Crippen molar-refractivity contribution in [3.05, 3.63) is 69.7 Å². The zero-order valence-electron chi connectivity index (χ0n) is 10.5. The van der Waals surface area contributed by atoms with Crippen LogP contribution in [0.1, 0.15) is 26.3 Å². The molecule has 20 heavy (non-hydrogen) atoms. The highest BCUT2D eigenvalue weighted by Crippen LogP contribution is 2.20. The molecule has 0 saturated heterocycles. The van der Waals surface area contributed by atoms with Crippen molar-refractivity contribution in [1.29, 1.82) is 0 Å². The van der Waals surface area contributed by atoms with Crippen molar-refractivity contribution in [2.75, 3.05) is 0 Å². The normalized spacial score (nSPS) is 10.1. The lowest BCUT2D eigenvalue weighted by molar-refractivity contribution is 0.0471. The summed E-state index contributed by atoms with van der Waals surface area (Å²) in [4.78, 5) is 23.1. The Morgan fingerprint density at radius 1 is 1.10 bits per heavy atom. The Labute approximate surface area is 124 Å². The highest BCUT2D eigenvalue weighted by molar-refractivity contribution is 9.10. The van der Waals surface area contributed by atoms with E-state index >= 15 is 0 Å². The average Bonchev–Trinajstić information content (AvgIpc) is 2.46. The summed E-state index contributed by atoms with van der Waals surface area (Å²) in [6, 6.07) is 13.9. The van der Waals surface area contributed by atoms with Crippen LogP contribution in [0, 0.1) is 0 Å². The van der Waals surface area contributed by atoms with Crippen LogP contribution in [0.4, 0.5) is 0 Å². The number of nitrogens with two attached hydrogens (primary N) is 1. The number of rotatable bonds is 4. The fraction of sp³-hybridized carbons (Fsp3) is 0.0667. The number of primary amides is 1. The van der Waals surface area contributed by atoms with Gasteiger partial charge in [-0.15, -0.1) is 0 Å². The molecular weight excluding hydrogens is 322 g/mol. The summed E-state index contributed by atoms with van der Waals surface area (Å²) in [5.41, 5.74) is 6.62. The number of hydrogen-bond acceptors (Lipinski definition) is 3. The molecule has 0 heterocycles. The van der Waals surface area contributed by atoms with E-state index in [0.717, 1.165) is 5.56 Å². The molecule has 2 rings (SSSR count). The van der Waals surface area contributed by atoms with Gasteiger partial charge in [-0.3, -0.25) is 4.79 Å². The Balaban J connectivity index is 2.13. The number of carbonyl (C=O) groups excluding carboxylic acids is 2. The lowest BCUT2D eigenvalue weighted by atomic mass is 10.1. The first-order chi connectivity index (χ1) is 9.58. The van der Waals surface area contributed by atoms with Crippen LogP contribution in [0.25, 0.3) is 0 Å². The predicted octanol–water partition coefficient (Wildman–Crippen LogP) is 2.91. The first-order valence-corrected chi connectivity index (χ1v) is 6.67. The molecule has 0 saturated carbocycles. The molecular formula is C15H12BrNO3. The second-order valence-corrected chi connectivity index (χ2v) is 4.97. The number of benzene rings is 2. The Morgan fingerprint density at radius 3 is 2.45 bits per heavy atom. The lowest BCUT2D eigenvalue weighted by Crippen LogP contribution is -2.13. The summed E-state index contributed by atoms with van der Waals surface area (Å²) < 4.78 is 5.76. The average molecular weight is 334 g/mol. The molecule has 0 unspecified atom stereocenters. The summed E-state index contributed by atoms with van der Waals surface area (Å²) >= 11 is 3.25. The maximum absolute atomic E-state index is 12.0. The van der Waals surface area contributed by atoms with Gasteiger partial charge < -0.3 is 10.5 Å². The third-order valence-corrected chi connectivity index (χ3v) is 3.38. The highest BCUT2D eigenvalue weighted by Gasteiger charge is 2.14. The second-order valence-electron chi connectivity index (χ2n) is 4.12. The van der Waals surface area contributed by atoms with E-state index in [1.807, 2.05) is 30.3 Å². The van der Waals surface area contributed by atoms with E-state index in [2.05, 4.69) is 15.9 Å². The Morgan fingerprint density at radius 2 is 1.80 bits per heavy atom. The summed E-state index contributed by atoms with van der Waals surface area (Å²) in [5.74, 6) is -1.10. The molecule has 2 N–H and O–H groups in total. The third-order valence-electron chi connectivity index (χ3n) is 2.68. The minimum atomic E-state index is -0.588. The van der Waals surface area contributed by atoms with Gasteiger partial charge in [0.25, 0.3) is 0 Å². The van der Waals surface area contributed by atoms with Crippen molar-refractivity contribution in [3.63, 3.8) is 0 Å². The van der Waals surface area contributed by atoms with E-state index < -0.39 is 11.9 Å². The van der Waals surface area contributed by atoms with Crippen molar-refractivity contribution < 1.29 is 14.3 Å². The van der Waals surface area contributed by atoms with Crippen molar-refractivity contribution >= 4 is 27.8 Å². The van der Waals surface area contributed by atoms with E-state index in [4.69, 9.17) is 10.5 Å². The van der Waals surface area contributed by atoms with Crippen LogP contribution < -0.4 is 5.73 Å². The summed E-state index contributed by atoms with van der Waals surface area (Å²) in [6.07, 6.45) is 0. The topological polar surface area (TPSA) is 69.4 Å². The van der Waals surface area contributed by atoms with Crippen molar-refractivity contribution in [3.8, 4) is 0 Å². The van der Waals surface area contributed by atoms with E-state index in [-0.39, 0.29) is 17.7 Å². The molecule has 2 aromatic carbocycles. The van der Waals surface area contributed by atoms with Crippen LogP contribution in [-0.2, 0) is 11.3 Å². The van der Waals surface area contributed by atoms with E-state index in [0.29, 0.717) is 4.47 Å². The smallest absolute Gasteiger partial charge is 0.339 e. The molecule has 5 heteroatoms. The highest BCUT2D eigenvalue weighted by atomic mass is 79.9. The standard InChI is InChI=1S/C15H12BrNO3/c16-13-7-6-11(14(17)18)8-12(13)15(19)20-9-10-4-2-1-3-5-10/h1-8H,9H2,(H2,17,18). The lowest BCUT2D eigenvalue weighted by Gasteiger charge is -2.07. The van der Waals surface area contributed by atoms with Gasteiger partial charge in [-0.2, -0.15) is 0 Å². The van der Waals surface area contributed by atoms with Crippen LogP contribution in [0.5, 0.6) is 0 Å². The van der Waals surface area contributed by atoms with E-state index in [1.54, 1.807) is 12.1 Å². The number of amides is 1. The Kier molecular flexibility index (Phi) is 4.53. The summed E-state index contributed by atoms with van der Waals surface area (Å²) in [5, 5.41) is 0. The van der Waals surface area contributed by atoms with Crippen molar-refractivity contribution in [2.45, 2.75) is 6.61 Å². The largest absolute Gasteiger partial charge is 0.457 e.